The van der Waals surface area contributed by atoms with Crippen molar-refractivity contribution < 1.29 is 9.90 Å². The van der Waals surface area contributed by atoms with E-state index in [1.54, 1.807) is 13.8 Å². The van der Waals surface area contributed by atoms with Crippen LogP contribution in [0.25, 0.3) is 0 Å². The molecular weight excluding hydrogens is 202 g/mol. The Bertz CT molecular complexity index is 438. The van der Waals surface area contributed by atoms with E-state index in [0.29, 0.717) is 0 Å². The van der Waals surface area contributed by atoms with Crippen LogP contribution in [0, 0.1) is 5.41 Å². The highest BCUT2D eigenvalue weighted by Crippen LogP contribution is 2.42. The summed E-state index contributed by atoms with van der Waals surface area (Å²) in [6.07, 6.45) is 0.185. The summed E-state index contributed by atoms with van der Waals surface area (Å²) in [7, 11) is 0. The summed E-state index contributed by atoms with van der Waals surface area (Å²) in [5, 5.41) is 13.0. The van der Waals surface area contributed by atoms with Gasteiger partial charge in [-0.25, -0.2) is 0 Å². The van der Waals surface area contributed by atoms with Crippen molar-refractivity contribution in [2.75, 3.05) is 5.32 Å². The number of carbonyl (C=O) groups excluding carboxylic acids is 1. The minimum Gasteiger partial charge on any atom is -0.387 e. The topological polar surface area (TPSA) is 49.3 Å². The third kappa shape index (κ3) is 1.52. The summed E-state index contributed by atoms with van der Waals surface area (Å²) in [5.41, 5.74) is 1.95. The molecule has 1 atom stereocenters. The Hall–Kier alpha value is -1.35. The molecule has 16 heavy (non-hydrogen) atoms. The molecule has 0 unspecified atom stereocenters. The fourth-order valence-corrected chi connectivity index (χ4v) is 1.97. The summed E-state index contributed by atoms with van der Waals surface area (Å²) in [6, 6.07) is 5.83. The Labute approximate surface area is 95.5 Å². The van der Waals surface area contributed by atoms with Gasteiger partial charge in [0.25, 0.3) is 0 Å². The van der Waals surface area contributed by atoms with Crippen molar-refractivity contribution in [3.63, 3.8) is 0 Å². The molecule has 1 aromatic rings. The Morgan fingerprint density at radius 1 is 1.44 bits per heavy atom. The number of nitrogens with one attached hydrogen (secondary N) is 1. The predicted octanol–water partition coefficient (Wildman–Crippen LogP) is 2.26. The number of hydrogen-bond donors (Lipinski definition) is 2. The maximum atomic E-state index is 11.8. The molecule has 1 amide bonds. The van der Waals surface area contributed by atoms with E-state index in [1.807, 2.05) is 18.2 Å². The molecule has 3 nitrogen and oxygen atoms in total. The van der Waals surface area contributed by atoms with Gasteiger partial charge in [0, 0.05) is 11.3 Å². The molecule has 0 saturated heterocycles. The molecule has 1 aliphatic rings. The summed E-state index contributed by atoms with van der Waals surface area (Å²) in [5.74, 6) is -0.124. The van der Waals surface area contributed by atoms with Crippen molar-refractivity contribution in [3.8, 4) is 0 Å². The second-order valence-corrected chi connectivity index (χ2v) is 4.85. The second kappa shape index (κ2) is 3.59. The van der Waals surface area contributed by atoms with Gasteiger partial charge in [0.1, 0.15) is 0 Å². The van der Waals surface area contributed by atoms with Crippen LogP contribution in [0.2, 0.25) is 0 Å². The van der Waals surface area contributed by atoms with Crippen molar-refractivity contribution in [3.05, 3.63) is 29.3 Å². The maximum absolute atomic E-state index is 11.8. The standard InChI is InChI=1S/C13H17NO2/c1-4-8-5-6-9-10(7-8)14-12(16)13(2,3)11(9)15/h5-7,11,15H,4H2,1-3H3,(H,14,16)/t11-/m0/s1. The summed E-state index contributed by atoms with van der Waals surface area (Å²) in [6.45, 7) is 5.57. The molecule has 0 fully saturated rings. The van der Waals surface area contributed by atoms with Crippen LogP contribution in [0.4, 0.5) is 5.69 Å². The Kier molecular flexibility index (Phi) is 2.50. The van der Waals surface area contributed by atoms with Crippen LogP contribution in [0.5, 0.6) is 0 Å². The molecule has 3 heteroatoms. The van der Waals surface area contributed by atoms with Crippen LogP contribution < -0.4 is 5.32 Å². The summed E-state index contributed by atoms with van der Waals surface area (Å²) < 4.78 is 0. The molecule has 1 aromatic carbocycles. The lowest BCUT2D eigenvalue weighted by atomic mass is 9.78. The van der Waals surface area contributed by atoms with Crippen LogP contribution >= 0.6 is 0 Å². The lowest BCUT2D eigenvalue weighted by Gasteiger charge is -2.35. The van der Waals surface area contributed by atoms with E-state index >= 15 is 0 Å². The van der Waals surface area contributed by atoms with Gasteiger partial charge < -0.3 is 10.4 Å². The van der Waals surface area contributed by atoms with Crippen molar-refractivity contribution in [1.29, 1.82) is 0 Å². The van der Waals surface area contributed by atoms with E-state index in [1.165, 1.54) is 0 Å². The molecule has 0 bridgehead atoms. The van der Waals surface area contributed by atoms with Gasteiger partial charge in [-0.1, -0.05) is 19.1 Å². The van der Waals surface area contributed by atoms with Gasteiger partial charge in [-0.2, -0.15) is 0 Å². The molecule has 2 rings (SSSR count). The number of amides is 1. The van der Waals surface area contributed by atoms with E-state index in [9.17, 15) is 9.90 Å². The van der Waals surface area contributed by atoms with Crippen LogP contribution in [-0.2, 0) is 11.2 Å². The maximum Gasteiger partial charge on any atom is 0.233 e. The van der Waals surface area contributed by atoms with E-state index < -0.39 is 11.5 Å². The number of aryl methyl sites for hydroxylation is 1. The summed E-state index contributed by atoms with van der Waals surface area (Å²) >= 11 is 0. The third-order valence-corrected chi connectivity index (χ3v) is 3.34. The molecule has 1 aliphatic heterocycles. The molecular formula is C13H17NO2. The van der Waals surface area contributed by atoms with Crippen LogP contribution in [-0.4, -0.2) is 11.0 Å². The Balaban J connectivity index is 2.51. The minimum absolute atomic E-state index is 0.124. The number of anilines is 1. The zero-order valence-electron chi connectivity index (χ0n) is 9.87. The number of aliphatic hydroxyl groups is 1. The Morgan fingerprint density at radius 2 is 2.12 bits per heavy atom. The average molecular weight is 219 g/mol. The van der Waals surface area contributed by atoms with Crippen molar-refractivity contribution >= 4 is 11.6 Å². The van der Waals surface area contributed by atoms with Gasteiger partial charge in [0.2, 0.25) is 5.91 Å². The van der Waals surface area contributed by atoms with E-state index in [-0.39, 0.29) is 5.91 Å². The number of rotatable bonds is 1. The number of carbonyl (C=O) groups is 1. The first kappa shape index (κ1) is 11.1. The molecule has 0 spiro atoms. The third-order valence-electron chi connectivity index (χ3n) is 3.34. The fourth-order valence-electron chi connectivity index (χ4n) is 1.97. The van der Waals surface area contributed by atoms with E-state index in [0.717, 1.165) is 23.2 Å². The van der Waals surface area contributed by atoms with Gasteiger partial charge in [-0.05, 0) is 31.9 Å². The highest BCUT2D eigenvalue weighted by molar-refractivity contribution is 5.98. The first-order chi connectivity index (χ1) is 7.46. The monoisotopic (exact) mass is 219 g/mol. The largest absolute Gasteiger partial charge is 0.387 e. The first-order valence-electron chi connectivity index (χ1n) is 5.59. The van der Waals surface area contributed by atoms with Crippen LogP contribution in [0.15, 0.2) is 18.2 Å². The highest BCUT2D eigenvalue weighted by Gasteiger charge is 2.41. The molecule has 0 aliphatic carbocycles. The number of aliphatic hydroxyl groups excluding tert-OH is 1. The molecule has 1 heterocycles. The van der Waals surface area contributed by atoms with Crippen LogP contribution in [0.3, 0.4) is 0 Å². The van der Waals surface area contributed by atoms with Gasteiger partial charge in [-0.3, -0.25) is 4.79 Å². The minimum atomic E-state index is -0.763. The lowest BCUT2D eigenvalue weighted by molar-refractivity contribution is -0.130. The van der Waals surface area contributed by atoms with Crippen molar-refractivity contribution in [2.45, 2.75) is 33.3 Å². The number of hydrogen-bond acceptors (Lipinski definition) is 2. The van der Waals surface area contributed by atoms with Gasteiger partial charge in [0.15, 0.2) is 0 Å². The number of benzene rings is 1. The fraction of sp³-hybridized carbons (Fsp3) is 0.462. The molecule has 0 aromatic heterocycles. The van der Waals surface area contributed by atoms with Gasteiger partial charge in [-0.15, -0.1) is 0 Å². The highest BCUT2D eigenvalue weighted by atomic mass is 16.3. The molecule has 86 valence electrons. The zero-order chi connectivity index (χ0) is 11.9. The summed E-state index contributed by atoms with van der Waals surface area (Å²) in [4.78, 5) is 11.8. The van der Waals surface area contributed by atoms with Crippen molar-refractivity contribution in [2.24, 2.45) is 5.41 Å². The molecule has 0 saturated carbocycles. The predicted molar refractivity (Wildman–Crippen MR) is 63.2 cm³/mol. The average Bonchev–Trinajstić information content (AvgIpc) is 2.26. The smallest absolute Gasteiger partial charge is 0.233 e. The van der Waals surface area contributed by atoms with E-state index in [2.05, 4.69) is 12.2 Å². The first-order valence-corrected chi connectivity index (χ1v) is 5.59. The quantitative estimate of drug-likeness (QED) is 0.761. The lowest BCUT2D eigenvalue weighted by Crippen LogP contribution is -2.40. The molecule has 0 radical (unpaired) electrons. The Morgan fingerprint density at radius 3 is 2.75 bits per heavy atom. The van der Waals surface area contributed by atoms with E-state index in [4.69, 9.17) is 0 Å². The SMILES string of the molecule is CCc1ccc2c(c1)NC(=O)C(C)(C)[C@H]2O. The van der Waals surface area contributed by atoms with Gasteiger partial charge in [0.05, 0.1) is 11.5 Å². The van der Waals surface area contributed by atoms with Crippen LogP contribution in [0.1, 0.15) is 38.0 Å². The van der Waals surface area contributed by atoms with Gasteiger partial charge >= 0.3 is 0 Å². The molecule has 2 N–H and O–H groups in total. The zero-order valence-corrected chi connectivity index (χ0v) is 9.87. The second-order valence-electron chi connectivity index (χ2n) is 4.85. The number of fused-ring (bicyclic) bond motifs is 1. The normalized spacial score (nSPS) is 22.5. The van der Waals surface area contributed by atoms with Crippen molar-refractivity contribution in [1.82, 2.24) is 0 Å².